The number of aromatic nitrogens is 1. The fourth-order valence-corrected chi connectivity index (χ4v) is 3.59. The first-order valence-electron chi connectivity index (χ1n) is 6.41. The fraction of sp³-hybridized carbons (Fsp3) is 0.769. The quantitative estimate of drug-likeness (QED) is 0.897. The number of thiazole rings is 1. The smallest absolute Gasteiger partial charge is 0.113 e. The van der Waals surface area contributed by atoms with Gasteiger partial charge in [0, 0.05) is 30.2 Å². The molecule has 0 amide bonds. The minimum Gasteiger partial charge on any atom is -0.304 e. The average molecular weight is 253 g/mol. The lowest BCUT2D eigenvalue weighted by Crippen LogP contribution is -2.55. The zero-order valence-corrected chi connectivity index (χ0v) is 12.0. The zero-order valence-electron chi connectivity index (χ0n) is 11.2. The van der Waals surface area contributed by atoms with E-state index in [-0.39, 0.29) is 5.54 Å². The standard InChI is InChI=1S/C13H23N3S/c1-10(2)15-13(12-14-6-8-17-12)5-7-16(4)11(3)9-13/h6,8,10-11,15H,5,7,9H2,1-4H3. The van der Waals surface area contributed by atoms with Crippen molar-refractivity contribution in [3.8, 4) is 0 Å². The van der Waals surface area contributed by atoms with E-state index in [4.69, 9.17) is 0 Å². The highest BCUT2D eigenvalue weighted by Crippen LogP contribution is 2.36. The third-order valence-corrected chi connectivity index (χ3v) is 4.67. The summed E-state index contributed by atoms with van der Waals surface area (Å²) in [7, 11) is 2.21. The molecule has 0 aliphatic carbocycles. The Balaban J connectivity index is 2.25. The second-order valence-electron chi connectivity index (χ2n) is 5.50. The Labute approximate surface area is 108 Å². The van der Waals surface area contributed by atoms with Crippen LogP contribution in [0.1, 0.15) is 38.6 Å². The largest absolute Gasteiger partial charge is 0.304 e. The van der Waals surface area contributed by atoms with Gasteiger partial charge in [-0.15, -0.1) is 11.3 Å². The van der Waals surface area contributed by atoms with Crippen molar-refractivity contribution in [2.24, 2.45) is 0 Å². The van der Waals surface area contributed by atoms with Crippen LogP contribution in [0.25, 0.3) is 0 Å². The zero-order chi connectivity index (χ0) is 12.5. The molecule has 17 heavy (non-hydrogen) atoms. The van der Waals surface area contributed by atoms with E-state index in [0.717, 1.165) is 19.4 Å². The van der Waals surface area contributed by atoms with Crippen molar-refractivity contribution in [1.82, 2.24) is 15.2 Å². The highest BCUT2D eigenvalue weighted by Gasteiger charge is 2.40. The monoisotopic (exact) mass is 253 g/mol. The summed E-state index contributed by atoms with van der Waals surface area (Å²) in [6.07, 6.45) is 4.22. The van der Waals surface area contributed by atoms with E-state index in [1.165, 1.54) is 5.01 Å². The minimum atomic E-state index is 0.0915. The molecule has 1 aromatic rings. The molecule has 0 radical (unpaired) electrons. The van der Waals surface area contributed by atoms with Crippen LogP contribution >= 0.6 is 11.3 Å². The lowest BCUT2D eigenvalue weighted by Gasteiger charge is -2.44. The van der Waals surface area contributed by atoms with Gasteiger partial charge in [0.25, 0.3) is 0 Å². The normalized spacial score (nSPS) is 31.0. The van der Waals surface area contributed by atoms with E-state index < -0.39 is 0 Å². The van der Waals surface area contributed by atoms with Crippen LogP contribution in [0.15, 0.2) is 11.6 Å². The molecule has 2 atom stereocenters. The van der Waals surface area contributed by atoms with Gasteiger partial charge < -0.3 is 10.2 Å². The summed E-state index contributed by atoms with van der Waals surface area (Å²) in [5, 5.41) is 7.11. The maximum Gasteiger partial charge on any atom is 0.113 e. The first-order valence-corrected chi connectivity index (χ1v) is 7.29. The van der Waals surface area contributed by atoms with Crippen LogP contribution in [0, 0.1) is 0 Å². The van der Waals surface area contributed by atoms with Crippen LogP contribution in [-0.2, 0) is 5.54 Å². The molecule has 3 nitrogen and oxygen atoms in total. The highest BCUT2D eigenvalue weighted by atomic mass is 32.1. The van der Waals surface area contributed by atoms with E-state index >= 15 is 0 Å². The van der Waals surface area contributed by atoms with Gasteiger partial charge in [-0.25, -0.2) is 4.98 Å². The maximum atomic E-state index is 4.56. The highest BCUT2D eigenvalue weighted by molar-refractivity contribution is 7.09. The van der Waals surface area contributed by atoms with E-state index in [0.29, 0.717) is 12.1 Å². The van der Waals surface area contributed by atoms with Crippen LogP contribution in [0.2, 0.25) is 0 Å². The van der Waals surface area contributed by atoms with Crippen LogP contribution in [-0.4, -0.2) is 35.6 Å². The summed E-state index contributed by atoms with van der Waals surface area (Å²) in [4.78, 5) is 7.00. The Morgan fingerprint density at radius 3 is 2.88 bits per heavy atom. The van der Waals surface area contributed by atoms with E-state index in [1.54, 1.807) is 11.3 Å². The first kappa shape index (κ1) is 13.0. The Morgan fingerprint density at radius 2 is 2.35 bits per heavy atom. The van der Waals surface area contributed by atoms with Crippen LogP contribution in [0.5, 0.6) is 0 Å². The predicted molar refractivity (Wildman–Crippen MR) is 73.4 cm³/mol. The Morgan fingerprint density at radius 1 is 1.59 bits per heavy atom. The van der Waals surface area contributed by atoms with Gasteiger partial charge in [-0.1, -0.05) is 0 Å². The van der Waals surface area contributed by atoms with E-state index in [2.05, 4.69) is 48.4 Å². The fourth-order valence-electron chi connectivity index (χ4n) is 2.75. The molecule has 1 N–H and O–H groups in total. The molecule has 96 valence electrons. The number of rotatable bonds is 3. The molecular weight excluding hydrogens is 230 g/mol. The Bertz CT molecular complexity index is 350. The average Bonchev–Trinajstić information content (AvgIpc) is 2.76. The van der Waals surface area contributed by atoms with Gasteiger partial charge in [-0.2, -0.15) is 0 Å². The summed E-state index contributed by atoms with van der Waals surface area (Å²) >= 11 is 1.78. The molecule has 1 aliphatic rings. The molecular formula is C13H23N3S. The molecule has 1 aromatic heterocycles. The van der Waals surface area contributed by atoms with Gasteiger partial charge in [0.05, 0.1) is 5.54 Å². The van der Waals surface area contributed by atoms with E-state index in [9.17, 15) is 0 Å². The molecule has 1 fully saturated rings. The molecule has 2 heterocycles. The van der Waals surface area contributed by atoms with Gasteiger partial charge in [0.1, 0.15) is 5.01 Å². The lowest BCUT2D eigenvalue weighted by atomic mass is 9.83. The lowest BCUT2D eigenvalue weighted by molar-refractivity contribution is 0.0992. The van der Waals surface area contributed by atoms with Crippen molar-refractivity contribution in [1.29, 1.82) is 0 Å². The minimum absolute atomic E-state index is 0.0915. The Kier molecular flexibility index (Phi) is 3.85. The third kappa shape index (κ3) is 2.69. The topological polar surface area (TPSA) is 28.2 Å². The van der Waals surface area contributed by atoms with Gasteiger partial charge >= 0.3 is 0 Å². The van der Waals surface area contributed by atoms with Crippen LogP contribution in [0.4, 0.5) is 0 Å². The molecule has 0 aromatic carbocycles. The molecule has 0 bridgehead atoms. The SMILES string of the molecule is CC(C)NC1(c2nccs2)CCN(C)C(C)C1. The molecule has 4 heteroatoms. The molecule has 2 unspecified atom stereocenters. The van der Waals surface area contributed by atoms with Gasteiger partial charge in [0.2, 0.25) is 0 Å². The molecule has 0 saturated carbocycles. The summed E-state index contributed by atoms with van der Waals surface area (Å²) in [5.74, 6) is 0. The third-order valence-electron chi connectivity index (χ3n) is 3.69. The number of likely N-dealkylation sites (tertiary alicyclic amines) is 1. The van der Waals surface area contributed by atoms with Crippen molar-refractivity contribution in [3.63, 3.8) is 0 Å². The first-order chi connectivity index (χ1) is 8.03. The van der Waals surface area contributed by atoms with Crippen molar-refractivity contribution < 1.29 is 0 Å². The van der Waals surface area contributed by atoms with Crippen molar-refractivity contribution in [2.45, 2.75) is 51.2 Å². The van der Waals surface area contributed by atoms with Crippen molar-refractivity contribution in [2.75, 3.05) is 13.6 Å². The van der Waals surface area contributed by atoms with E-state index in [1.807, 2.05) is 6.20 Å². The van der Waals surface area contributed by atoms with Crippen molar-refractivity contribution in [3.05, 3.63) is 16.6 Å². The number of piperidine rings is 1. The van der Waals surface area contributed by atoms with Crippen LogP contribution in [0.3, 0.4) is 0 Å². The summed E-state index contributed by atoms with van der Waals surface area (Å²) < 4.78 is 0. The van der Waals surface area contributed by atoms with Gasteiger partial charge in [-0.3, -0.25) is 0 Å². The number of nitrogens with one attached hydrogen (secondary N) is 1. The maximum absolute atomic E-state index is 4.56. The number of hydrogen-bond acceptors (Lipinski definition) is 4. The van der Waals surface area contributed by atoms with Crippen LogP contribution < -0.4 is 5.32 Å². The molecule has 1 saturated heterocycles. The molecule has 2 rings (SSSR count). The summed E-state index contributed by atoms with van der Waals surface area (Å²) in [6.45, 7) is 7.89. The number of nitrogens with zero attached hydrogens (tertiary/aromatic N) is 2. The van der Waals surface area contributed by atoms with Gasteiger partial charge in [0.15, 0.2) is 0 Å². The Hall–Kier alpha value is -0.450. The molecule has 0 spiro atoms. The summed E-state index contributed by atoms with van der Waals surface area (Å²) in [6, 6.07) is 1.11. The summed E-state index contributed by atoms with van der Waals surface area (Å²) in [5.41, 5.74) is 0.0915. The predicted octanol–water partition coefficient (Wildman–Crippen LogP) is 2.45. The number of hydrogen-bond donors (Lipinski definition) is 1. The van der Waals surface area contributed by atoms with Crippen molar-refractivity contribution >= 4 is 11.3 Å². The van der Waals surface area contributed by atoms with Gasteiger partial charge in [-0.05, 0) is 40.7 Å². The molecule has 1 aliphatic heterocycles. The second kappa shape index (κ2) is 5.04. The second-order valence-corrected chi connectivity index (χ2v) is 6.40.